The summed E-state index contributed by atoms with van der Waals surface area (Å²) in [5, 5.41) is 8.85. The third-order valence-electron chi connectivity index (χ3n) is 3.36. The lowest BCUT2D eigenvalue weighted by atomic mass is 10.1. The van der Waals surface area contributed by atoms with Crippen LogP contribution in [-0.4, -0.2) is 23.4 Å². The van der Waals surface area contributed by atoms with Crippen LogP contribution in [0.25, 0.3) is 22.2 Å². The summed E-state index contributed by atoms with van der Waals surface area (Å²) in [6.07, 6.45) is 2.75. The number of aromatic nitrogens is 2. The van der Waals surface area contributed by atoms with E-state index >= 15 is 0 Å². The van der Waals surface area contributed by atoms with E-state index in [0.717, 1.165) is 35.2 Å². The molecule has 1 N–H and O–H groups in total. The van der Waals surface area contributed by atoms with Crippen LogP contribution in [0.2, 0.25) is 0 Å². The maximum absolute atomic E-state index is 5.57. The van der Waals surface area contributed by atoms with E-state index in [-0.39, 0.29) is 0 Å². The van der Waals surface area contributed by atoms with Gasteiger partial charge < -0.3 is 9.73 Å². The van der Waals surface area contributed by atoms with Gasteiger partial charge in [-0.1, -0.05) is 18.2 Å². The molecule has 3 rings (SSSR count). The standard InChI is InChI=1S/C15H17N3O/c1-16-8-7-11-9-14(17-18(11)2)13-10-19-15-6-4-3-5-12(13)15/h3-6,9-10,16H,7-8H2,1-2H3. The summed E-state index contributed by atoms with van der Waals surface area (Å²) in [5.41, 5.74) is 4.15. The Morgan fingerprint density at radius 2 is 2.16 bits per heavy atom. The first-order chi connectivity index (χ1) is 9.29. The lowest BCUT2D eigenvalue weighted by Gasteiger charge is -1.99. The van der Waals surface area contributed by atoms with E-state index in [1.807, 2.05) is 37.0 Å². The third-order valence-corrected chi connectivity index (χ3v) is 3.36. The number of aryl methyl sites for hydroxylation is 1. The zero-order valence-electron chi connectivity index (χ0n) is 11.2. The highest BCUT2D eigenvalue weighted by atomic mass is 16.3. The highest BCUT2D eigenvalue weighted by molar-refractivity contribution is 5.92. The molecule has 2 heterocycles. The van der Waals surface area contributed by atoms with Gasteiger partial charge in [0.15, 0.2) is 0 Å². The number of rotatable bonds is 4. The predicted octanol–water partition coefficient (Wildman–Crippen LogP) is 2.60. The molecule has 0 aliphatic rings. The average Bonchev–Trinajstić information content (AvgIpc) is 3.00. The molecule has 0 bridgehead atoms. The first kappa shape index (κ1) is 12.0. The van der Waals surface area contributed by atoms with Gasteiger partial charge >= 0.3 is 0 Å². The van der Waals surface area contributed by atoms with Gasteiger partial charge in [-0.2, -0.15) is 5.10 Å². The van der Waals surface area contributed by atoms with Crippen molar-refractivity contribution in [3.63, 3.8) is 0 Å². The van der Waals surface area contributed by atoms with Crippen molar-refractivity contribution in [1.82, 2.24) is 15.1 Å². The van der Waals surface area contributed by atoms with Crippen LogP contribution in [0.15, 0.2) is 41.0 Å². The van der Waals surface area contributed by atoms with E-state index in [1.165, 1.54) is 5.69 Å². The summed E-state index contributed by atoms with van der Waals surface area (Å²) in [6.45, 7) is 0.950. The van der Waals surface area contributed by atoms with Crippen molar-refractivity contribution in [3.8, 4) is 11.3 Å². The van der Waals surface area contributed by atoms with Gasteiger partial charge in [0.25, 0.3) is 0 Å². The van der Waals surface area contributed by atoms with Gasteiger partial charge in [0.1, 0.15) is 11.8 Å². The number of hydrogen-bond donors (Lipinski definition) is 1. The van der Waals surface area contributed by atoms with Crippen molar-refractivity contribution < 1.29 is 4.42 Å². The van der Waals surface area contributed by atoms with Crippen molar-refractivity contribution in [2.75, 3.05) is 13.6 Å². The minimum atomic E-state index is 0.903. The van der Waals surface area contributed by atoms with Gasteiger partial charge in [0, 0.05) is 36.7 Å². The van der Waals surface area contributed by atoms with E-state index in [1.54, 1.807) is 6.26 Å². The molecule has 0 saturated carbocycles. The quantitative estimate of drug-likeness (QED) is 0.779. The third kappa shape index (κ3) is 2.15. The molecule has 4 heteroatoms. The summed E-state index contributed by atoms with van der Waals surface area (Å²) >= 11 is 0. The molecule has 19 heavy (non-hydrogen) atoms. The molecule has 0 atom stereocenters. The summed E-state index contributed by atoms with van der Waals surface area (Å²) in [7, 11) is 3.94. The number of hydrogen-bond acceptors (Lipinski definition) is 3. The van der Waals surface area contributed by atoms with Crippen molar-refractivity contribution in [2.24, 2.45) is 7.05 Å². The summed E-state index contributed by atoms with van der Waals surface area (Å²) in [6, 6.07) is 10.2. The first-order valence-electron chi connectivity index (χ1n) is 6.43. The fourth-order valence-electron chi connectivity index (χ4n) is 2.30. The molecule has 0 spiro atoms. The first-order valence-corrected chi connectivity index (χ1v) is 6.43. The molecular weight excluding hydrogens is 238 g/mol. The van der Waals surface area contributed by atoms with Crippen LogP contribution in [0, 0.1) is 0 Å². The van der Waals surface area contributed by atoms with E-state index in [0.29, 0.717) is 0 Å². The molecule has 0 amide bonds. The Hall–Kier alpha value is -2.07. The van der Waals surface area contributed by atoms with Crippen LogP contribution in [0.3, 0.4) is 0 Å². The smallest absolute Gasteiger partial charge is 0.134 e. The maximum Gasteiger partial charge on any atom is 0.134 e. The van der Waals surface area contributed by atoms with Gasteiger partial charge in [-0.15, -0.1) is 0 Å². The van der Waals surface area contributed by atoms with Crippen molar-refractivity contribution >= 4 is 11.0 Å². The van der Waals surface area contributed by atoms with E-state index in [2.05, 4.69) is 22.5 Å². The Morgan fingerprint density at radius 3 is 3.00 bits per heavy atom. The zero-order valence-corrected chi connectivity index (χ0v) is 11.2. The molecule has 0 aliphatic heterocycles. The van der Waals surface area contributed by atoms with Crippen molar-refractivity contribution in [1.29, 1.82) is 0 Å². The Morgan fingerprint density at radius 1 is 1.32 bits per heavy atom. The maximum atomic E-state index is 5.57. The summed E-state index contributed by atoms with van der Waals surface area (Å²) in [4.78, 5) is 0. The normalized spacial score (nSPS) is 11.3. The molecule has 0 saturated heterocycles. The number of fused-ring (bicyclic) bond motifs is 1. The van der Waals surface area contributed by atoms with E-state index < -0.39 is 0 Å². The van der Waals surface area contributed by atoms with Crippen LogP contribution in [0.1, 0.15) is 5.69 Å². The number of nitrogens with zero attached hydrogens (tertiary/aromatic N) is 2. The molecule has 2 aromatic heterocycles. The zero-order chi connectivity index (χ0) is 13.2. The Labute approximate surface area is 112 Å². The molecule has 0 fully saturated rings. The minimum Gasteiger partial charge on any atom is -0.464 e. The molecule has 0 unspecified atom stereocenters. The van der Waals surface area contributed by atoms with E-state index in [9.17, 15) is 0 Å². The Balaban J connectivity index is 2.02. The second-order valence-electron chi connectivity index (χ2n) is 4.64. The topological polar surface area (TPSA) is 43.0 Å². The average molecular weight is 255 g/mol. The van der Waals surface area contributed by atoms with Crippen molar-refractivity contribution in [2.45, 2.75) is 6.42 Å². The van der Waals surface area contributed by atoms with Crippen LogP contribution < -0.4 is 5.32 Å². The van der Waals surface area contributed by atoms with Crippen LogP contribution in [0.5, 0.6) is 0 Å². The highest BCUT2D eigenvalue weighted by Gasteiger charge is 2.12. The molecular formula is C15H17N3O. The lowest BCUT2D eigenvalue weighted by molar-refractivity contribution is 0.616. The van der Waals surface area contributed by atoms with Crippen molar-refractivity contribution in [3.05, 3.63) is 42.3 Å². The molecule has 98 valence electrons. The monoisotopic (exact) mass is 255 g/mol. The molecule has 4 nitrogen and oxygen atoms in total. The van der Waals surface area contributed by atoms with Crippen LogP contribution in [-0.2, 0) is 13.5 Å². The van der Waals surface area contributed by atoms with Gasteiger partial charge in [-0.25, -0.2) is 0 Å². The fourth-order valence-corrected chi connectivity index (χ4v) is 2.30. The van der Waals surface area contributed by atoms with E-state index in [4.69, 9.17) is 4.42 Å². The highest BCUT2D eigenvalue weighted by Crippen LogP contribution is 2.29. The summed E-state index contributed by atoms with van der Waals surface area (Å²) < 4.78 is 7.51. The van der Waals surface area contributed by atoms with Gasteiger partial charge in [0.05, 0.1) is 5.69 Å². The number of benzene rings is 1. The van der Waals surface area contributed by atoms with Gasteiger partial charge in [-0.3, -0.25) is 4.68 Å². The largest absolute Gasteiger partial charge is 0.464 e. The fraction of sp³-hybridized carbons (Fsp3) is 0.267. The summed E-state index contributed by atoms with van der Waals surface area (Å²) in [5.74, 6) is 0. The van der Waals surface area contributed by atoms with Gasteiger partial charge in [-0.05, 0) is 19.2 Å². The Bertz CT molecular complexity index is 696. The number of furan rings is 1. The number of para-hydroxylation sites is 1. The molecule has 0 radical (unpaired) electrons. The minimum absolute atomic E-state index is 0.903. The number of likely N-dealkylation sites (N-methyl/N-ethyl adjacent to an activating group) is 1. The van der Waals surface area contributed by atoms with Crippen LogP contribution in [0.4, 0.5) is 0 Å². The van der Waals surface area contributed by atoms with Gasteiger partial charge in [0.2, 0.25) is 0 Å². The SMILES string of the molecule is CNCCc1cc(-c2coc3ccccc23)nn1C. The molecule has 3 aromatic rings. The lowest BCUT2D eigenvalue weighted by Crippen LogP contribution is -2.12. The molecule has 1 aromatic carbocycles. The molecule has 0 aliphatic carbocycles. The van der Waals surface area contributed by atoms with Crippen LogP contribution >= 0.6 is 0 Å². The second-order valence-corrected chi connectivity index (χ2v) is 4.64. The number of nitrogens with one attached hydrogen (secondary N) is 1. The predicted molar refractivity (Wildman–Crippen MR) is 76.0 cm³/mol. The second kappa shape index (κ2) is 4.90. The Kier molecular flexibility index (Phi) is 3.09.